The van der Waals surface area contributed by atoms with Crippen LogP contribution >= 0.6 is 11.8 Å². The summed E-state index contributed by atoms with van der Waals surface area (Å²) in [6.45, 7) is 3.88. The van der Waals surface area contributed by atoms with Crippen molar-refractivity contribution in [3.8, 4) is 22.8 Å². The van der Waals surface area contributed by atoms with Gasteiger partial charge in [0.05, 0.1) is 12.9 Å². The van der Waals surface area contributed by atoms with Crippen LogP contribution in [0.2, 0.25) is 0 Å². The van der Waals surface area contributed by atoms with Gasteiger partial charge in [-0.15, -0.1) is 10.2 Å². The SMILES string of the molecule is COc1ccc(-n2c(SCC(=O)NC(C)C)nnc2-c2ccccc2)cc1. The summed E-state index contributed by atoms with van der Waals surface area (Å²) in [5, 5.41) is 12.3. The third-order valence-corrected chi connectivity index (χ3v) is 4.71. The molecule has 1 N–H and O–H groups in total. The third-order valence-electron chi connectivity index (χ3n) is 3.78. The number of carbonyl (C=O) groups excluding carboxylic acids is 1. The zero-order valence-electron chi connectivity index (χ0n) is 15.5. The van der Waals surface area contributed by atoms with Crippen LogP contribution in [0.1, 0.15) is 13.8 Å². The van der Waals surface area contributed by atoms with Gasteiger partial charge in [0.1, 0.15) is 5.75 Å². The number of methoxy groups -OCH3 is 1. The Balaban J connectivity index is 1.95. The van der Waals surface area contributed by atoms with Gasteiger partial charge in [0.25, 0.3) is 0 Å². The standard InChI is InChI=1S/C20H22N4O2S/c1-14(2)21-18(25)13-27-20-23-22-19(15-7-5-4-6-8-15)24(20)16-9-11-17(26-3)12-10-16/h4-12,14H,13H2,1-3H3,(H,21,25). The minimum absolute atomic E-state index is 0.0273. The lowest BCUT2D eigenvalue weighted by atomic mass is 10.2. The van der Waals surface area contributed by atoms with Gasteiger partial charge in [-0.2, -0.15) is 0 Å². The molecule has 0 fully saturated rings. The quantitative estimate of drug-likeness (QED) is 0.633. The fourth-order valence-electron chi connectivity index (χ4n) is 2.60. The number of nitrogens with zero attached hydrogens (tertiary/aromatic N) is 3. The van der Waals surface area contributed by atoms with E-state index in [9.17, 15) is 4.79 Å². The van der Waals surface area contributed by atoms with Crippen LogP contribution in [0.5, 0.6) is 5.75 Å². The normalized spacial score (nSPS) is 10.8. The zero-order chi connectivity index (χ0) is 19.2. The van der Waals surface area contributed by atoms with E-state index in [1.807, 2.05) is 73.0 Å². The van der Waals surface area contributed by atoms with Gasteiger partial charge in [-0.3, -0.25) is 9.36 Å². The molecule has 0 bridgehead atoms. The lowest BCUT2D eigenvalue weighted by Gasteiger charge is -2.12. The molecule has 0 atom stereocenters. The molecular formula is C20H22N4O2S. The van der Waals surface area contributed by atoms with E-state index >= 15 is 0 Å². The zero-order valence-corrected chi connectivity index (χ0v) is 16.4. The number of nitrogens with one attached hydrogen (secondary N) is 1. The van der Waals surface area contributed by atoms with Crippen molar-refractivity contribution >= 4 is 17.7 Å². The summed E-state index contributed by atoms with van der Waals surface area (Å²) in [6.07, 6.45) is 0. The molecule has 0 spiro atoms. The molecule has 1 heterocycles. The molecule has 0 aliphatic rings. The first kappa shape index (κ1) is 19.0. The number of amides is 1. The Morgan fingerprint density at radius 3 is 2.44 bits per heavy atom. The highest BCUT2D eigenvalue weighted by Gasteiger charge is 2.17. The summed E-state index contributed by atoms with van der Waals surface area (Å²) in [4.78, 5) is 12.0. The van der Waals surface area contributed by atoms with E-state index in [4.69, 9.17) is 4.74 Å². The highest BCUT2D eigenvalue weighted by atomic mass is 32.2. The van der Waals surface area contributed by atoms with E-state index in [1.54, 1.807) is 7.11 Å². The molecule has 0 saturated heterocycles. The lowest BCUT2D eigenvalue weighted by Crippen LogP contribution is -2.31. The van der Waals surface area contributed by atoms with E-state index in [2.05, 4.69) is 15.5 Å². The van der Waals surface area contributed by atoms with Crippen LogP contribution in [0.3, 0.4) is 0 Å². The van der Waals surface area contributed by atoms with Crippen molar-refractivity contribution in [2.75, 3.05) is 12.9 Å². The Bertz CT molecular complexity index is 892. The van der Waals surface area contributed by atoms with Crippen molar-refractivity contribution in [2.24, 2.45) is 0 Å². The fraction of sp³-hybridized carbons (Fsp3) is 0.250. The topological polar surface area (TPSA) is 69.0 Å². The van der Waals surface area contributed by atoms with Gasteiger partial charge in [0.2, 0.25) is 5.91 Å². The maximum atomic E-state index is 12.0. The summed E-state index contributed by atoms with van der Waals surface area (Å²) in [6, 6.07) is 17.7. The van der Waals surface area contributed by atoms with Crippen LogP contribution in [-0.4, -0.2) is 39.6 Å². The molecule has 2 aromatic carbocycles. The van der Waals surface area contributed by atoms with E-state index < -0.39 is 0 Å². The lowest BCUT2D eigenvalue weighted by molar-refractivity contribution is -0.119. The monoisotopic (exact) mass is 382 g/mol. The van der Waals surface area contributed by atoms with Gasteiger partial charge < -0.3 is 10.1 Å². The molecule has 27 heavy (non-hydrogen) atoms. The molecule has 0 aliphatic carbocycles. The molecule has 0 radical (unpaired) electrons. The van der Waals surface area contributed by atoms with Crippen molar-refractivity contribution in [2.45, 2.75) is 25.0 Å². The van der Waals surface area contributed by atoms with Gasteiger partial charge >= 0.3 is 0 Å². The van der Waals surface area contributed by atoms with Gasteiger partial charge in [0, 0.05) is 17.3 Å². The molecule has 0 unspecified atom stereocenters. The molecule has 3 aromatic rings. The second kappa shape index (κ2) is 8.73. The summed E-state index contributed by atoms with van der Waals surface area (Å²) < 4.78 is 7.21. The molecule has 0 aliphatic heterocycles. The fourth-order valence-corrected chi connectivity index (χ4v) is 3.36. The summed E-state index contributed by atoms with van der Waals surface area (Å²) in [7, 11) is 1.64. The maximum Gasteiger partial charge on any atom is 0.230 e. The average Bonchev–Trinajstić information content (AvgIpc) is 3.10. The maximum absolute atomic E-state index is 12.0. The van der Waals surface area contributed by atoms with Gasteiger partial charge in [0.15, 0.2) is 11.0 Å². The van der Waals surface area contributed by atoms with Crippen LogP contribution in [0, 0.1) is 0 Å². The first-order chi connectivity index (χ1) is 13.1. The smallest absolute Gasteiger partial charge is 0.230 e. The van der Waals surface area contributed by atoms with Crippen LogP contribution in [0.25, 0.3) is 17.1 Å². The van der Waals surface area contributed by atoms with E-state index in [0.717, 1.165) is 22.8 Å². The van der Waals surface area contributed by atoms with E-state index in [-0.39, 0.29) is 17.7 Å². The second-order valence-electron chi connectivity index (χ2n) is 6.22. The predicted molar refractivity (Wildman–Crippen MR) is 107 cm³/mol. The molecule has 3 rings (SSSR count). The van der Waals surface area contributed by atoms with Crippen LogP contribution < -0.4 is 10.1 Å². The van der Waals surface area contributed by atoms with Gasteiger partial charge in [-0.05, 0) is 38.1 Å². The van der Waals surface area contributed by atoms with Crippen LogP contribution in [0.15, 0.2) is 59.8 Å². The highest BCUT2D eigenvalue weighted by molar-refractivity contribution is 7.99. The number of benzene rings is 2. The Morgan fingerprint density at radius 1 is 1.11 bits per heavy atom. The molecular weight excluding hydrogens is 360 g/mol. The molecule has 1 amide bonds. The third kappa shape index (κ3) is 4.68. The first-order valence-electron chi connectivity index (χ1n) is 8.66. The minimum atomic E-state index is -0.0273. The molecule has 0 saturated carbocycles. The second-order valence-corrected chi connectivity index (χ2v) is 7.16. The van der Waals surface area contributed by atoms with Crippen molar-refractivity contribution in [3.05, 3.63) is 54.6 Å². The molecule has 7 heteroatoms. The summed E-state index contributed by atoms with van der Waals surface area (Å²) in [5.41, 5.74) is 1.87. The largest absolute Gasteiger partial charge is 0.497 e. The van der Waals surface area contributed by atoms with Gasteiger partial charge in [-0.1, -0.05) is 42.1 Å². The number of rotatable bonds is 7. The van der Waals surface area contributed by atoms with Gasteiger partial charge in [-0.25, -0.2) is 0 Å². The number of aromatic nitrogens is 3. The van der Waals surface area contributed by atoms with Crippen molar-refractivity contribution in [1.29, 1.82) is 0 Å². The predicted octanol–water partition coefficient (Wildman–Crippen LogP) is 3.56. The van der Waals surface area contributed by atoms with E-state index in [1.165, 1.54) is 11.8 Å². The molecule has 6 nitrogen and oxygen atoms in total. The minimum Gasteiger partial charge on any atom is -0.497 e. The highest BCUT2D eigenvalue weighted by Crippen LogP contribution is 2.28. The molecule has 140 valence electrons. The Labute approximate surface area is 163 Å². The Hall–Kier alpha value is -2.80. The summed E-state index contributed by atoms with van der Waals surface area (Å²) in [5.74, 6) is 1.76. The van der Waals surface area contributed by atoms with Crippen LogP contribution in [0.4, 0.5) is 0 Å². The van der Waals surface area contributed by atoms with E-state index in [0.29, 0.717) is 5.16 Å². The average molecular weight is 382 g/mol. The van der Waals surface area contributed by atoms with Crippen molar-refractivity contribution < 1.29 is 9.53 Å². The summed E-state index contributed by atoms with van der Waals surface area (Å²) >= 11 is 1.36. The molecule has 1 aromatic heterocycles. The first-order valence-corrected chi connectivity index (χ1v) is 9.64. The number of ether oxygens (including phenoxy) is 1. The Kier molecular flexibility index (Phi) is 6.13. The van der Waals surface area contributed by atoms with Crippen molar-refractivity contribution in [1.82, 2.24) is 20.1 Å². The Morgan fingerprint density at radius 2 is 1.81 bits per heavy atom. The number of hydrogen-bond donors (Lipinski definition) is 1. The number of thioether (sulfide) groups is 1. The number of hydrogen-bond acceptors (Lipinski definition) is 5. The number of carbonyl (C=O) groups is 1. The van der Waals surface area contributed by atoms with Crippen molar-refractivity contribution in [3.63, 3.8) is 0 Å². The van der Waals surface area contributed by atoms with Crippen LogP contribution in [-0.2, 0) is 4.79 Å².